The monoisotopic (exact) mass is 286 g/mol. The Morgan fingerprint density at radius 3 is 2.55 bits per heavy atom. The van der Waals surface area contributed by atoms with Crippen molar-refractivity contribution in [2.24, 2.45) is 0 Å². The van der Waals surface area contributed by atoms with Crippen LogP contribution in [0.4, 0.5) is 11.6 Å². The van der Waals surface area contributed by atoms with Crippen LogP contribution < -0.4 is 5.32 Å². The maximum atomic E-state index is 9.37. The van der Waals surface area contributed by atoms with Gasteiger partial charge in [0.15, 0.2) is 0 Å². The molecule has 2 aromatic heterocycles. The van der Waals surface area contributed by atoms with Gasteiger partial charge in [0, 0.05) is 18.0 Å². The summed E-state index contributed by atoms with van der Waals surface area (Å²) in [6.07, 6.45) is 3.48. The van der Waals surface area contributed by atoms with Gasteiger partial charge in [-0.1, -0.05) is 30.3 Å². The number of anilines is 2. The van der Waals surface area contributed by atoms with Crippen LogP contribution in [0, 0.1) is 18.3 Å². The van der Waals surface area contributed by atoms with Crippen molar-refractivity contribution in [2.45, 2.75) is 6.92 Å². The molecule has 0 saturated heterocycles. The Balaban J connectivity index is 1.95. The molecule has 2 heterocycles. The first kappa shape index (κ1) is 13.8. The summed E-state index contributed by atoms with van der Waals surface area (Å²) in [4.78, 5) is 8.61. The molecule has 4 heteroatoms. The van der Waals surface area contributed by atoms with Crippen LogP contribution in [0.25, 0.3) is 11.1 Å². The van der Waals surface area contributed by atoms with E-state index in [0.29, 0.717) is 17.2 Å². The average molecular weight is 286 g/mol. The topological polar surface area (TPSA) is 61.6 Å². The molecule has 0 saturated carbocycles. The second-order valence-corrected chi connectivity index (χ2v) is 4.94. The van der Waals surface area contributed by atoms with Gasteiger partial charge in [0.25, 0.3) is 0 Å². The molecule has 0 aliphatic rings. The molecule has 0 amide bonds. The predicted octanol–water partition coefficient (Wildman–Crippen LogP) is 4.07. The fourth-order valence-electron chi connectivity index (χ4n) is 2.16. The number of benzene rings is 1. The van der Waals surface area contributed by atoms with Crippen molar-refractivity contribution < 1.29 is 0 Å². The minimum Gasteiger partial charge on any atom is -0.324 e. The normalized spacial score (nSPS) is 10.0. The first-order valence-corrected chi connectivity index (χ1v) is 6.91. The largest absolute Gasteiger partial charge is 0.324 e. The molecule has 0 bridgehead atoms. The zero-order chi connectivity index (χ0) is 15.4. The summed E-state index contributed by atoms with van der Waals surface area (Å²) in [7, 11) is 0. The zero-order valence-electron chi connectivity index (χ0n) is 12.1. The van der Waals surface area contributed by atoms with Crippen molar-refractivity contribution in [2.75, 3.05) is 5.32 Å². The van der Waals surface area contributed by atoms with Crippen molar-refractivity contribution >= 4 is 11.6 Å². The lowest BCUT2D eigenvalue weighted by atomic mass is 10.1. The van der Waals surface area contributed by atoms with Crippen LogP contribution in [-0.2, 0) is 0 Å². The SMILES string of the molecule is Cc1ccnc(Nc2ncc(-c3ccccc3)cc2C#N)c1. The minimum atomic E-state index is 0.490. The van der Waals surface area contributed by atoms with Gasteiger partial charge in [-0.15, -0.1) is 0 Å². The number of nitrogens with one attached hydrogen (secondary N) is 1. The molecule has 3 rings (SSSR count). The third-order valence-electron chi connectivity index (χ3n) is 3.28. The molecule has 22 heavy (non-hydrogen) atoms. The quantitative estimate of drug-likeness (QED) is 0.788. The molecule has 1 N–H and O–H groups in total. The Kier molecular flexibility index (Phi) is 3.80. The van der Waals surface area contributed by atoms with Crippen LogP contribution in [0.2, 0.25) is 0 Å². The predicted molar refractivity (Wildman–Crippen MR) is 86.6 cm³/mol. The fourth-order valence-corrected chi connectivity index (χ4v) is 2.16. The van der Waals surface area contributed by atoms with E-state index in [0.717, 1.165) is 16.7 Å². The number of nitriles is 1. The summed E-state index contributed by atoms with van der Waals surface area (Å²) < 4.78 is 0. The van der Waals surface area contributed by atoms with E-state index in [9.17, 15) is 5.26 Å². The van der Waals surface area contributed by atoms with Gasteiger partial charge in [0.2, 0.25) is 0 Å². The summed E-state index contributed by atoms with van der Waals surface area (Å²) in [6, 6.07) is 17.7. The Morgan fingerprint density at radius 2 is 1.82 bits per heavy atom. The number of aromatic nitrogens is 2. The standard InChI is InChI=1S/C18H14N4/c1-13-7-8-20-17(9-13)22-18-15(11-19)10-16(12-21-18)14-5-3-2-4-6-14/h2-10,12H,1H3,(H,20,21,22). The van der Waals surface area contributed by atoms with Gasteiger partial charge in [-0.25, -0.2) is 9.97 Å². The van der Waals surface area contributed by atoms with Gasteiger partial charge >= 0.3 is 0 Å². The molecule has 106 valence electrons. The van der Waals surface area contributed by atoms with E-state index in [2.05, 4.69) is 21.4 Å². The lowest BCUT2D eigenvalue weighted by Gasteiger charge is -2.09. The maximum absolute atomic E-state index is 9.37. The minimum absolute atomic E-state index is 0.490. The van der Waals surface area contributed by atoms with Crippen LogP contribution in [0.3, 0.4) is 0 Å². The van der Waals surface area contributed by atoms with E-state index >= 15 is 0 Å². The number of pyridine rings is 2. The van der Waals surface area contributed by atoms with Gasteiger partial charge in [0.1, 0.15) is 17.7 Å². The van der Waals surface area contributed by atoms with Crippen LogP contribution in [0.1, 0.15) is 11.1 Å². The first-order chi connectivity index (χ1) is 10.8. The molecule has 3 aromatic rings. The highest BCUT2D eigenvalue weighted by Crippen LogP contribution is 2.24. The van der Waals surface area contributed by atoms with Gasteiger partial charge < -0.3 is 5.32 Å². The smallest absolute Gasteiger partial charge is 0.149 e. The highest BCUT2D eigenvalue weighted by Gasteiger charge is 2.07. The van der Waals surface area contributed by atoms with Crippen molar-refractivity contribution in [1.82, 2.24) is 9.97 Å². The first-order valence-electron chi connectivity index (χ1n) is 6.91. The number of nitrogens with zero attached hydrogens (tertiary/aromatic N) is 3. The van der Waals surface area contributed by atoms with E-state index in [4.69, 9.17) is 0 Å². The summed E-state index contributed by atoms with van der Waals surface area (Å²) in [5.41, 5.74) is 3.54. The van der Waals surface area contributed by atoms with E-state index < -0.39 is 0 Å². The van der Waals surface area contributed by atoms with Crippen molar-refractivity contribution in [1.29, 1.82) is 5.26 Å². The molecule has 0 unspecified atom stereocenters. The van der Waals surface area contributed by atoms with Crippen LogP contribution in [0.5, 0.6) is 0 Å². The second-order valence-electron chi connectivity index (χ2n) is 4.94. The van der Waals surface area contributed by atoms with E-state index in [1.807, 2.05) is 55.5 Å². The Labute approximate surface area is 129 Å². The second kappa shape index (κ2) is 6.06. The Hall–Kier alpha value is -3.19. The molecule has 1 aromatic carbocycles. The third-order valence-corrected chi connectivity index (χ3v) is 3.28. The van der Waals surface area contributed by atoms with Crippen molar-refractivity contribution in [3.63, 3.8) is 0 Å². The summed E-state index contributed by atoms with van der Waals surface area (Å²) >= 11 is 0. The molecular weight excluding hydrogens is 272 g/mol. The summed E-state index contributed by atoms with van der Waals surface area (Å²) in [5, 5.41) is 12.5. The van der Waals surface area contributed by atoms with Gasteiger partial charge in [-0.2, -0.15) is 5.26 Å². The maximum Gasteiger partial charge on any atom is 0.149 e. The molecular formula is C18H14N4. The average Bonchev–Trinajstić information content (AvgIpc) is 2.56. The molecule has 0 atom stereocenters. The van der Waals surface area contributed by atoms with Crippen LogP contribution in [-0.4, -0.2) is 9.97 Å². The third kappa shape index (κ3) is 2.94. The van der Waals surface area contributed by atoms with E-state index in [1.54, 1.807) is 12.4 Å². The Morgan fingerprint density at radius 1 is 1.00 bits per heavy atom. The summed E-state index contributed by atoms with van der Waals surface area (Å²) in [5.74, 6) is 1.19. The number of hydrogen-bond donors (Lipinski definition) is 1. The number of rotatable bonds is 3. The lowest BCUT2D eigenvalue weighted by Crippen LogP contribution is -1.99. The molecule has 4 nitrogen and oxygen atoms in total. The Bertz CT molecular complexity index is 835. The van der Waals surface area contributed by atoms with Crippen molar-refractivity contribution in [3.8, 4) is 17.2 Å². The van der Waals surface area contributed by atoms with Gasteiger partial charge in [-0.05, 0) is 36.2 Å². The fraction of sp³-hybridized carbons (Fsp3) is 0.0556. The van der Waals surface area contributed by atoms with E-state index in [-0.39, 0.29) is 0 Å². The molecule has 0 aliphatic heterocycles. The van der Waals surface area contributed by atoms with E-state index in [1.165, 1.54) is 0 Å². The molecule has 0 radical (unpaired) electrons. The summed E-state index contributed by atoms with van der Waals surface area (Å²) in [6.45, 7) is 1.99. The van der Waals surface area contributed by atoms with Gasteiger partial charge in [0.05, 0.1) is 5.56 Å². The lowest BCUT2D eigenvalue weighted by molar-refractivity contribution is 1.23. The number of aryl methyl sites for hydroxylation is 1. The number of hydrogen-bond acceptors (Lipinski definition) is 4. The molecule has 0 spiro atoms. The van der Waals surface area contributed by atoms with Gasteiger partial charge in [-0.3, -0.25) is 0 Å². The van der Waals surface area contributed by atoms with Crippen LogP contribution >= 0.6 is 0 Å². The van der Waals surface area contributed by atoms with Crippen molar-refractivity contribution in [3.05, 3.63) is 72.1 Å². The highest BCUT2D eigenvalue weighted by atomic mass is 15.1. The highest BCUT2D eigenvalue weighted by molar-refractivity contribution is 5.69. The molecule has 0 fully saturated rings. The zero-order valence-corrected chi connectivity index (χ0v) is 12.1. The van der Waals surface area contributed by atoms with Crippen LogP contribution in [0.15, 0.2) is 60.9 Å². The molecule has 0 aliphatic carbocycles.